The smallest absolute Gasteiger partial charge is 0.242 e. The zero-order valence-corrected chi connectivity index (χ0v) is 20.6. The Morgan fingerprint density at radius 3 is 2.59 bits per heavy atom. The van der Waals surface area contributed by atoms with Crippen LogP contribution in [0.4, 0.5) is 0 Å². The van der Waals surface area contributed by atoms with Crippen LogP contribution < -0.4 is 4.74 Å². The molecule has 4 rings (SSSR count). The van der Waals surface area contributed by atoms with Crippen LogP contribution in [0.5, 0.6) is 5.75 Å². The Bertz CT molecular complexity index is 1000. The lowest BCUT2D eigenvalue weighted by atomic mass is 9.99. The molecule has 5 nitrogen and oxygen atoms in total. The van der Waals surface area contributed by atoms with Crippen molar-refractivity contribution in [1.29, 1.82) is 0 Å². The maximum Gasteiger partial charge on any atom is 0.242 e. The second-order valence-corrected chi connectivity index (χ2v) is 11.1. The van der Waals surface area contributed by atoms with Gasteiger partial charge in [0, 0.05) is 22.9 Å². The molecule has 1 aromatic carbocycles. The van der Waals surface area contributed by atoms with Gasteiger partial charge < -0.3 is 14.5 Å². The molecule has 6 heteroatoms. The van der Waals surface area contributed by atoms with Crippen molar-refractivity contribution in [3.63, 3.8) is 0 Å². The summed E-state index contributed by atoms with van der Waals surface area (Å²) in [5.74, 6) is 1.06. The number of carbonyl (C=O) groups is 2. The van der Waals surface area contributed by atoms with Crippen LogP contribution >= 0.6 is 11.3 Å². The topological polar surface area (TPSA) is 49.9 Å². The Morgan fingerprint density at radius 1 is 1.19 bits per heavy atom. The molecule has 0 bridgehead atoms. The minimum atomic E-state index is -0.385. The lowest BCUT2D eigenvalue weighted by molar-refractivity contribution is -0.147. The largest absolute Gasteiger partial charge is 0.491 e. The van der Waals surface area contributed by atoms with E-state index in [0.29, 0.717) is 13.2 Å². The number of ether oxygens (including phenoxy) is 1. The number of nitrogens with zero attached hydrogens (tertiary/aromatic N) is 2. The highest BCUT2D eigenvalue weighted by Gasteiger charge is 2.40. The second-order valence-electron chi connectivity index (χ2n) is 10.1. The van der Waals surface area contributed by atoms with Crippen molar-refractivity contribution in [2.24, 2.45) is 5.92 Å². The van der Waals surface area contributed by atoms with Crippen LogP contribution in [-0.2, 0) is 16.0 Å². The number of hydrogen-bond donors (Lipinski definition) is 0. The highest BCUT2D eigenvalue weighted by Crippen LogP contribution is 2.36. The lowest BCUT2D eigenvalue weighted by Crippen LogP contribution is -2.53. The van der Waals surface area contributed by atoms with E-state index < -0.39 is 0 Å². The van der Waals surface area contributed by atoms with E-state index in [4.69, 9.17) is 4.74 Å². The molecule has 0 saturated heterocycles. The fraction of sp³-hybridized carbons (Fsp3) is 0.538. The molecule has 0 N–H and O–H groups in total. The van der Waals surface area contributed by atoms with E-state index in [0.717, 1.165) is 30.6 Å². The first kappa shape index (κ1) is 22.8. The molecule has 1 aliphatic carbocycles. The van der Waals surface area contributed by atoms with E-state index in [9.17, 15) is 9.59 Å². The fourth-order valence-corrected chi connectivity index (χ4v) is 5.36. The summed E-state index contributed by atoms with van der Waals surface area (Å²) >= 11 is 1.75. The quantitative estimate of drug-likeness (QED) is 0.623. The Balaban J connectivity index is 1.54. The molecule has 0 unspecified atom stereocenters. The van der Waals surface area contributed by atoms with Gasteiger partial charge in [0.1, 0.15) is 18.9 Å². The Hall–Kier alpha value is -2.34. The molecule has 1 aliphatic heterocycles. The standard InChI is InChI=1S/C26H34N2O3S/c1-17-6-9-22(18(2)14-17)31-16-21-20-11-13-32-23(20)10-12-27(21)24(29)15-28(26(3,4)5)25(30)19-7-8-19/h6,9,11,13-14,19,21H,7-8,10,12,15-16H2,1-5H3/t21-/m0/s1. The SMILES string of the molecule is Cc1ccc(OC[C@H]2c3ccsc3CCN2C(=O)CN(C(=O)C2CC2)C(C)(C)C)c(C)c1. The van der Waals surface area contributed by atoms with E-state index in [-0.39, 0.29) is 35.9 Å². The highest BCUT2D eigenvalue weighted by molar-refractivity contribution is 7.10. The van der Waals surface area contributed by atoms with Crippen molar-refractivity contribution < 1.29 is 14.3 Å². The van der Waals surface area contributed by atoms with Gasteiger partial charge in [0.15, 0.2) is 0 Å². The van der Waals surface area contributed by atoms with E-state index in [1.807, 2.05) is 44.7 Å². The molecule has 0 spiro atoms. The third kappa shape index (κ3) is 4.85. The summed E-state index contributed by atoms with van der Waals surface area (Å²) in [5.41, 5.74) is 3.09. The van der Waals surface area contributed by atoms with Crippen LogP contribution in [0, 0.1) is 19.8 Å². The van der Waals surface area contributed by atoms with Gasteiger partial charge >= 0.3 is 0 Å². The zero-order valence-electron chi connectivity index (χ0n) is 19.8. The van der Waals surface area contributed by atoms with Gasteiger partial charge in [-0.2, -0.15) is 0 Å². The number of carbonyl (C=O) groups excluding carboxylic acids is 2. The predicted octanol–water partition coefficient (Wildman–Crippen LogP) is 4.91. The molecular formula is C26H34N2O3S. The Labute approximate surface area is 195 Å². The van der Waals surface area contributed by atoms with E-state index in [2.05, 4.69) is 24.4 Å². The van der Waals surface area contributed by atoms with Gasteiger partial charge in [-0.3, -0.25) is 9.59 Å². The normalized spacial score (nSPS) is 18.3. The van der Waals surface area contributed by atoms with Crippen molar-refractivity contribution in [1.82, 2.24) is 9.80 Å². The van der Waals surface area contributed by atoms with Gasteiger partial charge in [-0.25, -0.2) is 0 Å². The van der Waals surface area contributed by atoms with Crippen molar-refractivity contribution in [2.45, 2.75) is 65.5 Å². The van der Waals surface area contributed by atoms with Gasteiger partial charge in [-0.1, -0.05) is 17.7 Å². The summed E-state index contributed by atoms with van der Waals surface area (Å²) in [7, 11) is 0. The Morgan fingerprint density at radius 2 is 1.94 bits per heavy atom. The number of thiophene rings is 1. The average molecular weight is 455 g/mol. The molecule has 1 atom stereocenters. The summed E-state index contributed by atoms with van der Waals surface area (Å²) in [6.07, 6.45) is 2.73. The second kappa shape index (κ2) is 8.89. The van der Waals surface area contributed by atoms with Crippen LogP contribution in [0.15, 0.2) is 29.6 Å². The van der Waals surface area contributed by atoms with Gasteiger partial charge in [-0.05, 0) is 82.5 Å². The van der Waals surface area contributed by atoms with Crippen LogP contribution in [0.3, 0.4) is 0 Å². The van der Waals surface area contributed by atoms with Gasteiger partial charge in [0.2, 0.25) is 11.8 Å². The molecule has 1 saturated carbocycles. The highest BCUT2D eigenvalue weighted by atomic mass is 32.1. The minimum Gasteiger partial charge on any atom is -0.491 e. The summed E-state index contributed by atoms with van der Waals surface area (Å²) in [6.45, 7) is 11.3. The van der Waals surface area contributed by atoms with Gasteiger partial charge in [0.05, 0.1) is 6.04 Å². The first-order chi connectivity index (χ1) is 15.1. The monoisotopic (exact) mass is 454 g/mol. The van der Waals surface area contributed by atoms with Crippen LogP contribution in [0.25, 0.3) is 0 Å². The van der Waals surface area contributed by atoms with Crippen LogP contribution in [0.1, 0.15) is 61.2 Å². The number of aryl methyl sites for hydroxylation is 2. The van der Waals surface area contributed by atoms with Crippen molar-refractivity contribution >= 4 is 23.2 Å². The number of benzene rings is 1. The first-order valence-electron chi connectivity index (χ1n) is 11.5. The third-order valence-corrected chi connectivity index (χ3v) is 7.43. The molecular weight excluding hydrogens is 420 g/mol. The van der Waals surface area contributed by atoms with Crippen molar-refractivity contribution in [3.8, 4) is 5.75 Å². The fourth-order valence-electron chi connectivity index (χ4n) is 4.43. The Kier molecular flexibility index (Phi) is 6.35. The van der Waals surface area contributed by atoms with E-state index >= 15 is 0 Å². The van der Waals surface area contributed by atoms with Gasteiger partial charge in [0.25, 0.3) is 0 Å². The first-order valence-corrected chi connectivity index (χ1v) is 12.4. The van der Waals surface area contributed by atoms with Crippen molar-refractivity contribution in [3.05, 3.63) is 51.2 Å². The van der Waals surface area contributed by atoms with Crippen LogP contribution in [0.2, 0.25) is 0 Å². The lowest BCUT2D eigenvalue weighted by Gasteiger charge is -2.40. The molecule has 2 aliphatic rings. The number of amides is 2. The molecule has 2 amide bonds. The third-order valence-electron chi connectivity index (χ3n) is 6.44. The molecule has 1 aromatic heterocycles. The number of hydrogen-bond acceptors (Lipinski definition) is 4. The molecule has 2 heterocycles. The molecule has 1 fully saturated rings. The van der Waals surface area contributed by atoms with Crippen molar-refractivity contribution in [2.75, 3.05) is 19.7 Å². The average Bonchev–Trinajstić information content (AvgIpc) is 3.46. The minimum absolute atomic E-state index is 0.00000283. The van der Waals surface area contributed by atoms with E-state index in [1.165, 1.54) is 16.0 Å². The summed E-state index contributed by atoms with van der Waals surface area (Å²) < 4.78 is 6.24. The predicted molar refractivity (Wildman–Crippen MR) is 128 cm³/mol. The molecule has 32 heavy (non-hydrogen) atoms. The maximum atomic E-state index is 13.5. The van der Waals surface area contributed by atoms with Gasteiger partial charge in [-0.15, -0.1) is 11.3 Å². The summed E-state index contributed by atoms with van der Waals surface area (Å²) in [5, 5.41) is 2.10. The zero-order chi connectivity index (χ0) is 23.0. The maximum absolute atomic E-state index is 13.5. The number of rotatable bonds is 6. The molecule has 172 valence electrons. The summed E-state index contributed by atoms with van der Waals surface area (Å²) in [6, 6.07) is 8.14. The molecule has 0 radical (unpaired) electrons. The van der Waals surface area contributed by atoms with E-state index in [1.54, 1.807) is 16.2 Å². The number of fused-ring (bicyclic) bond motifs is 1. The summed E-state index contributed by atoms with van der Waals surface area (Å²) in [4.78, 5) is 31.5. The van der Waals surface area contributed by atoms with Crippen LogP contribution in [-0.4, -0.2) is 46.8 Å². The molecule has 2 aromatic rings.